The lowest BCUT2D eigenvalue weighted by Crippen LogP contribution is -2.04. The molecule has 0 saturated carbocycles. The van der Waals surface area contributed by atoms with Gasteiger partial charge in [-0.1, -0.05) is 30.3 Å². The van der Waals surface area contributed by atoms with E-state index in [0.29, 0.717) is 0 Å². The topological polar surface area (TPSA) is 38.7 Å². The van der Waals surface area contributed by atoms with E-state index >= 15 is 0 Å². The van der Waals surface area contributed by atoms with E-state index in [2.05, 4.69) is 16.0 Å². The minimum atomic E-state index is 0.771. The Morgan fingerprint density at radius 2 is 1.86 bits per heavy atom. The third kappa shape index (κ3) is 2.21. The van der Waals surface area contributed by atoms with Crippen molar-refractivity contribution in [3.8, 4) is 22.6 Å². The minimum Gasteiger partial charge on any atom is -0.246 e. The van der Waals surface area contributed by atoms with E-state index in [0.717, 1.165) is 39.1 Å². The smallest absolute Gasteiger partial charge is 0.159 e. The van der Waals surface area contributed by atoms with Gasteiger partial charge in [0.2, 0.25) is 0 Å². The van der Waals surface area contributed by atoms with Crippen LogP contribution in [0.3, 0.4) is 0 Å². The fourth-order valence-electron chi connectivity index (χ4n) is 2.44. The second-order valence-corrected chi connectivity index (χ2v) is 5.99. The summed E-state index contributed by atoms with van der Waals surface area (Å²) in [5.41, 5.74) is 5.40. The molecule has 0 aliphatic carbocycles. The number of pyridine rings is 1. The summed E-state index contributed by atoms with van der Waals surface area (Å²) in [5.74, 6) is 1.65. The number of aryl methyl sites for hydroxylation is 1. The van der Waals surface area contributed by atoms with Gasteiger partial charge in [0, 0.05) is 34.3 Å². The first kappa shape index (κ1) is 12.5. The predicted molar refractivity (Wildman–Crippen MR) is 85.0 cm³/mol. The van der Waals surface area contributed by atoms with Gasteiger partial charge in [-0.15, -0.1) is 11.8 Å². The van der Waals surface area contributed by atoms with Crippen molar-refractivity contribution in [2.24, 2.45) is 0 Å². The van der Waals surface area contributed by atoms with Crippen molar-refractivity contribution >= 4 is 11.8 Å². The number of nitrogens with zero attached hydrogens (tertiary/aromatic N) is 3. The molecule has 102 valence electrons. The Balaban J connectivity index is 1.88. The van der Waals surface area contributed by atoms with Crippen LogP contribution >= 0.6 is 11.8 Å². The van der Waals surface area contributed by atoms with Gasteiger partial charge in [-0.2, -0.15) is 0 Å². The van der Waals surface area contributed by atoms with Crippen LogP contribution in [0.5, 0.6) is 0 Å². The normalized spacial score (nSPS) is 12.6. The van der Waals surface area contributed by atoms with Crippen LogP contribution < -0.4 is 0 Å². The van der Waals surface area contributed by atoms with E-state index in [-0.39, 0.29) is 0 Å². The largest absolute Gasteiger partial charge is 0.246 e. The van der Waals surface area contributed by atoms with Gasteiger partial charge in [-0.3, -0.25) is 0 Å². The van der Waals surface area contributed by atoms with Crippen LogP contribution in [0.4, 0.5) is 0 Å². The van der Waals surface area contributed by atoms with Crippen molar-refractivity contribution in [1.82, 2.24) is 15.0 Å². The number of rotatable bonds is 1. The lowest BCUT2D eigenvalue weighted by Gasteiger charge is -2.18. The highest BCUT2D eigenvalue weighted by Gasteiger charge is 2.20. The van der Waals surface area contributed by atoms with Gasteiger partial charge >= 0.3 is 0 Å². The summed E-state index contributed by atoms with van der Waals surface area (Å²) in [6.07, 6.45) is 1.94. The SMILES string of the molecule is Cc1ccc2c(n1)SCc1cnc(-c3ccccc3)nc1-2. The Morgan fingerprint density at radius 1 is 1.00 bits per heavy atom. The maximum absolute atomic E-state index is 4.79. The molecule has 3 heterocycles. The Kier molecular flexibility index (Phi) is 2.97. The molecule has 3 aromatic rings. The van der Waals surface area contributed by atoms with E-state index < -0.39 is 0 Å². The number of hydrogen-bond donors (Lipinski definition) is 0. The monoisotopic (exact) mass is 291 g/mol. The Labute approximate surface area is 127 Å². The summed E-state index contributed by atoms with van der Waals surface area (Å²) in [5, 5.41) is 1.07. The van der Waals surface area contributed by atoms with Crippen LogP contribution in [-0.2, 0) is 5.75 Å². The molecule has 0 saturated heterocycles. The molecule has 0 amide bonds. The Bertz CT molecular complexity index is 816. The van der Waals surface area contributed by atoms with E-state index in [1.165, 1.54) is 5.56 Å². The van der Waals surface area contributed by atoms with Crippen LogP contribution in [0.15, 0.2) is 53.7 Å². The van der Waals surface area contributed by atoms with Crippen molar-refractivity contribution in [2.75, 3.05) is 0 Å². The zero-order valence-corrected chi connectivity index (χ0v) is 12.4. The van der Waals surface area contributed by atoms with Crippen molar-refractivity contribution in [2.45, 2.75) is 17.7 Å². The molecule has 0 unspecified atom stereocenters. The third-order valence-corrected chi connectivity index (χ3v) is 4.56. The number of thioether (sulfide) groups is 1. The van der Waals surface area contributed by atoms with E-state index in [1.807, 2.05) is 49.5 Å². The second kappa shape index (κ2) is 4.97. The van der Waals surface area contributed by atoms with E-state index in [4.69, 9.17) is 4.98 Å². The van der Waals surface area contributed by atoms with Crippen molar-refractivity contribution < 1.29 is 0 Å². The first-order valence-electron chi connectivity index (χ1n) is 6.83. The summed E-state index contributed by atoms with van der Waals surface area (Å²) in [4.78, 5) is 13.9. The molecule has 0 N–H and O–H groups in total. The summed E-state index contributed by atoms with van der Waals surface area (Å²) in [7, 11) is 0. The lowest BCUT2D eigenvalue weighted by atomic mass is 10.1. The average molecular weight is 291 g/mol. The van der Waals surface area contributed by atoms with Gasteiger partial charge in [0.1, 0.15) is 5.03 Å². The van der Waals surface area contributed by atoms with Crippen molar-refractivity contribution in [3.05, 3.63) is 59.9 Å². The van der Waals surface area contributed by atoms with Crippen LogP contribution in [0.25, 0.3) is 22.6 Å². The van der Waals surface area contributed by atoms with Gasteiger partial charge < -0.3 is 0 Å². The van der Waals surface area contributed by atoms with Crippen LogP contribution in [-0.4, -0.2) is 15.0 Å². The van der Waals surface area contributed by atoms with Crippen LogP contribution in [0, 0.1) is 6.92 Å². The Morgan fingerprint density at radius 3 is 2.71 bits per heavy atom. The summed E-state index contributed by atoms with van der Waals surface area (Å²) < 4.78 is 0. The highest BCUT2D eigenvalue weighted by atomic mass is 32.2. The fourth-order valence-corrected chi connectivity index (χ4v) is 3.47. The molecular weight excluding hydrogens is 278 g/mol. The molecule has 4 rings (SSSR count). The zero-order valence-electron chi connectivity index (χ0n) is 11.6. The molecule has 1 aliphatic heterocycles. The van der Waals surface area contributed by atoms with Crippen LogP contribution in [0.2, 0.25) is 0 Å². The third-order valence-electron chi connectivity index (χ3n) is 3.52. The van der Waals surface area contributed by atoms with Gasteiger partial charge in [0.15, 0.2) is 5.82 Å². The van der Waals surface area contributed by atoms with E-state index in [9.17, 15) is 0 Å². The van der Waals surface area contributed by atoms with Gasteiger partial charge in [0.05, 0.1) is 5.69 Å². The molecule has 0 radical (unpaired) electrons. The van der Waals surface area contributed by atoms with Crippen LogP contribution in [0.1, 0.15) is 11.3 Å². The lowest BCUT2D eigenvalue weighted by molar-refractivity contribution is 1.03. The average Bonchev–Trinajstić information content (AvgIpc) is 2.54. The second-order valence-electron chi connectivity index (χ2n) is 5.03. The molecular formula is C17H13N3S. The minimum absolute atomic E-state index is 0.771. The fraction of sp³-hybridized carbons (Fsp3) is 0.118. The molecule has 21 heavy (non-hydrogen) atoms. The first-order chi connectivity index (χ1) is 10.3. The molecule has 4 heteroatoms. The molecule has 0 fully saturated rings. The molecule has 0 spiro atoms. The summed E-state index contributed by atoms with van der Waals surface area (Å²) in [6, 6.07) is 14.2. The molecule has 3 nitrogen and oxygen atoms in total. The number of aromatic nitrogens is 3. The number of hydrogen-bond acceptors (Lipinski definition) is 4. The van der Waals surface area contributed by atoms with Gasteiger partial charge in [-0.05, 0) is 19.1 Å². The maximum Gasteiger partial charge on any atom is 0.159 e. The summed E-state index contributed by atoms with van der Waals surface area (Å²) >= 11 is 1.76. The summed E-state index contributed by atoms with van der Waals surface area (Å²) in [6.45, 7) is 2.02. The molecule has 1 aromatic carbocycles. The maximum atomic E-state index is 4.79. The molecule has 0 bridgehead atoms. The standard InChI is InChI=1S/C17H13N3S/c1-11-7-8-14-15-13(10-21-17(14)19-11)9-18-16(20-15)12-5-3-2-4-6-12/h2-9H,10H2,1H3. The first-order valence-corrected chi connectivity index (χ1v) is 7.82. The number of benzene rings is 1. The van der Waals surface area contributed by atoms with Crippen molar-refractivity contribution in [3.63, 3.8) is 0 Å². The van der Waals surface area contributed by atoms with Gasteiger partial charge in [0.25, 0.3) is 0 Å². The highest BCUT2D eigenvalue weighted by Crippen LogP contribution is 2.39. The zero-order chi connectivity index (χ0) is 14.2. The van der Waals surface area contributed by atoms with Gasteiger partial charge in [-0.25, -0.2) is 15.0 Å². The number of fused-ring (bicyclic) bond motifs is 3. The molecule has 2 aromatic heterocycles. The predicted octanol–water partition coefficient (Wildman–Crippen LogP) is 4.12. The van der Waals surface area contributed by atoms with Crippen molar-refractivity contribution in [1.29, 1.82) is 0 Å². The quantitative estimate of drug-likeness (QED) is 0.676. The Hall–Kier alpha value is -2.20. The molecule has 1 aliphatic rings. The molecule has 0 atom stereocenters. The van der Waals surface area contributed by atoms with E-state index in [1.54, 1.807) is 11.8 Å². The highest BCUT2D eigenvalue weighted by molar-refractivity contribution is 7.98.